The third kappa shape index (κ3) is 3.19. The predicted octanol–water partition coefficient (Wildman–Crippen LogP) is 1.74. The number of fused-ring (bicyclic) bond motifs is 1. The van der Waals surface area contributed by atoms with Gasteiger partial charge in [0.1, 0.15) is 10.8 Å². The number of nitrogens with zero attached hydrogens (tertiary/aromatic N) is 3. The summed E-state index contributed by atoms with van der Waals surface area (Å²) >= 11 is 5.23. The maximum Gasteiger partial charge on any atom is 0.138 e. The lowest BCUT2D eigenvalue weighted by atomic mass is 10.1. The fourth-order valence-corrected chi connectivity index (χ4v) is 3.49. The largest absolute Gasteiger partial charge is 0.389 e. The second kappa shape index (κ2) is 6.28. The van der Waals surface area contributed by atoms with Gasteiger partial charge in [-0.15, -0.1) is 0 Å². The zero-order valence-corrected chi connectivity index (χ0v) is 13.6. The van der Waals surface area contributed by atoms with E-state index in [1.54, 1.807) is 0 Å². The molecule has 0 radical (unpaired) electrons. The molecule has 0 aromatic carbocycles. The Labute approximate surface area is 132 Å². The first kappa shape index (κ1) is 14.7. The van der Waals surface area contributed by atoms with E-state index in [1.807, 2.05) is 0 Å². The fraction of sp³-hybridized carbons (Fsp3) is 0.625. The normalized spacial score (nSPS) is 18.0. The van der Waals surface area contributed by atoms with Gasteiger partial charge in [-0.3, -0.25) is 0 Å². The van der Waals surface area contributed by atoms with Crippen LogP contribution in [0.15, 0.2) is 6.07 Å². The van der Waals surface area contributed by atoms with Crippen LogP contribution in [0.4, 0.5) is 5.82 Å². The van der Waals surface area contributed by atoms with Gasteiger partial charge in [-0.25, -0.2) is 4.98 Å². The second-order valence-corrected chi connectivity index (χ2v) is 6.59. The maximum absolute atomic E-state index is 5.92. The first-order valence-corrected chi connectivity index (χ1v) is 8.32. The minimum Gasteiger partial charge on any atom is -0.389 e. The Morgan fingerprint density at radius 3 is 2.81 bits per heavy atom. The third-order valence-electron chi connectivity index (χ3n) is 4.61. The van der Waals surface area contributed by atoms with Gasteiger partial charge in [-0.2, -0.15) is 0 Å². The fourth-order valence-electron chi connectivity index (χ4n) is 3.34. The Morgan fingerprint density at radius 1 is 1.33 bits per heavy atom. The van der Waals surface area contributed by atoms with Crippen molar-refractivity contribution >= 4 is 23.0 Å². The molecule has 0 bridgehead atoms. The molecule has 0 saturated carbocycles. The molecule has 1 aromatic heterocycles. The van der Waals surface area contributed by atoms with Crippen molar-refractivity contribution in [1.82, 2.24) is 9.88 Å². The number of aromatic nitrogens is 1. The molecule has 5 heteroatoms. The summed E-state index contributed by atoms with van der Waals surface area (Å²) in [4.78, 5) is 10.0. The van der Waals surface area contributed by atoms with Crippen LogP contribution in [-0.4, -0.2) is 48.1 Å². The smallest absolute Gasteiger partial charge is 0.138 e. The van der Waals surface area contributed by atoms with Crippen molar-refractivity contribution < 1.29 is 0 Å². The molecule has 1 aliphatic carbocycles. The van der Waals surface area contributed by atoms with E-state index in [0.717, 1.165) is 37.3 Å². The zero-order chi connectivity index (χ0) is 14.8. The van der Waals surface area contributed by atoms with Crippen LogP contribution in [0.1, 0.15) is 36.1 Å². The van der Waals surface area contributed by atoms with Crippen LogP contribution >= 0.6 is 12.2 Å². The van der Waals surface area contributed by atoms with Crippen molar-refractivity contribution in [2.75, 3.05) is 38.1 Å². The lowest BCUT2D eigenvalue weighted by Gasteiger charge is -2.24. The summed E-state index contributed by atoms with van der Waals surface area (Å²) in [6, 6.07) is 2.17. The topological polar surface area (TPSA) is 45.4 Å². The number of rotatable bonds is 5. The molecule has 114 valence electrons. The molecule has 3 rings (SSSR count). The van der Waals surface area contributed by atoms with Crippen LogP contribution in [0, 0.1) is 0 Å². The number of aryl methyl sites for hydroxylation is 2. The summed E-state index contributed by atoms with van der Waals surface area (Å²) in [6.45, 7) is 4.52. The minimum atomic E-state index is 0.459. The van der Waals surface area contributed by atoms with Crippen LogP contribution in [0.25, 0.3) is 0 Å². The van der Waals surface area contributed by atoms with Gasteiger partial charge in [0.25, 0.3) is 0 Å². The molecule has 0 unspecified atom stereocenters. The average Bonchev–Trinajstić information content (AvgIpc) is 3.13. The van der Waals surface area contributed by atoms with E-state index in [4.69, 9.17) is 22.9 Å². The number of likely N-dealkylation sites (N-methyl/N-ethyl adjacent to an activating group) is 1. The van der Waals surface area contributed by atoms with E-state index in [0.29, 0.717) is 4.99 Å². The number of thiocarbonyl (C=S) groups is 1. The SMILES string of the molecule is CN(CCN1CCCC1)c1nc2c(cc1C(N)=S)CCC2. The second-order valence-electron chi connectivity index (χ2n) is 6.15. The van der Waals surface area contributed by atoms with Crippen LogP contribution in [0.2, 0.25) is 0 Å². The molecular formula is C16H24N4S. The van der Waals surface area contributed by atoms with E-state index in [-0.39, 0.29) is 0 Å². The molecule has 0 amide bonds. The molecule has 1 aliphatic heterocycles. The van der Waals surface area contributed by atoms with Crippen molar-refractivity contribution in [2.45, 2.75) is 32.1 Å². The number of pyridine rings is 1. The van der Waals surface area contributed by atoms with Gasteiger partial charge < -0.3 is 15.5 Å². The number of likely N-dealkylation sites (tertiary alicyclic amines) is 1. The van der Waals surface area contributed by atoms with Gasteiger partial charge in [-0.05, 0) is 56.8 Å². The number of anilines is 1. The Kier molecular flexibility index (Phi) is 4.40. The van der Waals surface area contributed by atoms with Crippen molar-refractivity contribution in [1.29, 1.82) is 0 Å². The van der Waals surface area contributed by atoms with E-state index < -0.39 is 0 Å². The molecular weight excluding hydrogens is 280 g/mol. The summed E-state index contributed by atoms with van der Waals surface area (Å²) in [5, 5.41) is 0. The number of hydrogen-bond acceptors (Lipinski definition) is 4. The van der Waals surface area contributed by atoms with Crippen molar-refractivity contribution in [3.63, 3.8) is 0 Å². The standard InChI is InChI=1S/C16H24N4S/c1-19(9-10-20-7-2-3-8-20)16-13(15(17)21)11-12-5-4-6-14(12)18-16/h11H,2-10H2,1H3,(H2,17,21). The molecule has 0 spiro atoms. The Bertz CT molecular complexity index is 537. The van der Waals surface area contributed by atoms with Crippen LogP contribution in [0.5, 0.6) is 0 Å². The van der Waals surface area contributed by atoms with Crippen molar-refractivity contribution in [3.8, 4) is 0 Å². The maximum atomic E-state index is 5.92. The summed E-state index contributed by atoms with van der Waals surface area (Å²) in [5.74, 6) is 0.961. The highest BCUT2D eigenvalue weighted by molar-refractivity contribution is 7.80. The highest BCUT2D eigenvalue weighted by atomic mass is 32.1. The Balaban J connectivity index is 1.77. The van der Waals surface area contributed by atoms with E-state index in [1.165, 1.54) is 43.6 Å². The first-order chi connectivity index (χ1) is 10.1. The number of hydrogen-bond donors (Lipinski definition) is 1. The van der Waals surface area contributed by atoms with Gasteiger partial charge in [0, 0.05) is 25.8 Å². The van der Waals surface area contributed by atoms with Gasteiger partial charge in [-0.1, -0.05) is 12.2 Å². The lowest BCUT2D eigenvalue weighted by molar-refractivity contribution is 0.346. The summed E-state index contributed by atoms with van der Waals surface area (Å²) in [7, 11) is 2.10. The Morgan fingerprint density at radius 2 is 2.10 bits per heavy atom. The lowest BCUT2D eigenvalue weighted by Crippen LogP contribution is -2.33. The summed E-state index contributed by atoms with van der Waals surface area (Å²) in [5.41, 5.74) is 9.42. The van der Waals surface area contributed by atoms with Gasteiger partial charge in [0.2, 0.25) is 0 Å². The zero-order valence-electron chi connectivity index (χ0n) is 12.8. The van der Waals surface area contributed by atoms with E-state index in [2.05, 4.69) is 22.9 Å². The molecule has 1 fully saturated rings. The highest BCUT2D eigenvalue weighted by Crippen LogP contribution is 2.27. The molecule has 2 heterocycles. The molecule has 2 aliphatic rings. The van der Waals surface area contributed by atoms with Gasteiger partial charge >= 0.3 is 0 Å². The van der Waals surface area contributed by atoms with Crippen LogP contribution in [-0.2, 0) is 12.8 Å². The van der Waals surface area contributed by atoms with Crippen molar-refractivity contribution in [3.05, 3.63) is 22.9 Å². The Hall–Kier alpha value is -1.20. The van der Waals surface area contributed by atoms with E-state index >= 15 is 0 Å². The molecule has 4 nitrogen and oxygen atoms in total. The predicted molar refractivity (Wildman–Crippen MR) is 91.1 cm³/mol. The monoisotopic (exact) mass is 304 g/mol. The third-order valence-corrected chi connectivity index (χ3v) is 4.83. The molecule has 21 heavy (non-hydrogen) atoms. The average molecular weight is 304 g/mol. The van der Waals surface area contributed by atoms with Crippen LogP contribution in [0.3, 0.4) is 0 Å². The molecule has 1 aromatic rings. The molecule has 0 atom stereocenters. The molecule has 2 N–H and O–H groups in total. The van der Waals surface area contributed by atoms with E-state index in [9.17, 15) is 0 Å². The highest BCUT2D eigenvalue weighted by Gasteiger charge is 2.20. The van der Waals surface area contributed by atoms with Crippen LogP contribution < -0.4 is 10.6 Å². The molecule has 1 saturated heterocycles. The van der Waals surface area contributed by atoms with Gasteiger partial charge in [0.05, 0.1) is 5.56 Å². The quantitative estimate of drug-likeness (QED) is 0.840. The van der Waals surface area contributed by atoms with Gasteiger partial charge in [0.15, 0.2) is 0 Å². The summed E-state index contributed by atoms with van der Waals surface area (Å²) < 4.78 is 0. The number of nitrogens with two attached hydrogens (primary N) is 1. The summed E-state index contributed by atoms with van der Waals surface area (Å²) in [6.07, 6.45) is 6.05. The first-order valence-electron chi connectivity index (χ1n) is 7.91. The van der Waals surface area contributed by atoms with Crippen molar-refractivity contribution in [2.24, 2.45) is 5.73 Å². The minimum absolute atomic E-state index is 0.459.